The van der Waals surface area contributed by atoms with Crippen molar-refractivity contribution in [3.63, 3.8) is 0 Å². The van der Waals surface area contributed by atoms with Gasteiger partial charge in [-0.05, 0) is 19.3 Å². The van der Waals surface area contributed by atoms with Gasteiger partial charge in [0, 0.05) is 18.2 Å². The van der Waals surface area contributed by atoms with Crippen LogP contribution in [0.15, 0.2) is 18.2 Å². The zero-order chi connectivity index (χ0) is 11.4. The molecule has 4 nitrogen and oxygen atoms in total. The van der Waals surface area contributed by atoms with Crippen LogP contribution in [-0.4, -0.2) is 24.2 Å². The Balaban J connectivity index is 2.01. The van der Waals surface area contributed by atoms with E-state index in [-0.39, 0.29) is 12.1 Å². The SMILES string of the molecule is COc1cccc(OC2CCCCC2N)n1. The van der Waals surface area contributed by atoms with Gasteiger partial charge in [0.2, 0.25) is 11.8 Å². The molecular formula is C12H18N2O2. The monoisotopic (exact) mass is 222 g/mol. The molecule has 1 aromatic heterocycles. The molecule has 1 heterocycles. The summed E-state index contributed by atoms with van der Waals surface area (Å²) >= 11 is 0. The topological polar surface area (TPSA) is 57.4 Å². The molecule has 4 heteroatoms. The lowest BCUT2D eigenvalue weighted by Gasteiger charge is -2.28. The molecule has 88 valence electrons. The van der Waals surface area contributed by atoms with Gasteiger partial charge in [0.25, 0.3) is 0 Å². The summed E-state index contributed by atoms with van der Waals surface area (Å²) in [5.74, 6) is 1.17. The molecule has 2 atom stereocenters. The number of aromatic nitrogens is 1. The van der Waals surface area contributed by atoms with Crippen LogP contribution in [0.5, 0.6) is 11.8 Å². The van der Waals surface area contributed by atoms with E-state index in [1.165, 1.54) is 12.8 Å². The number of rotatable bonds is 3. The summed E-state index contributed by atoms with van der Waals surface area (Å²) in [6.07, 6.45) is 4.53. The first-order valence-electron chi connectivity index (χ1n) is 5.73. The molecule has 2 unspecified atom stereocenters. The van der Waals surface area contributed by atoms with Crippen LogP contribution in [0.3, 0.4) is 0 Å². The zero-order valence-corrected chi connectivity index (χ0v) is 9.56. The molecule has 1 aromatic rings. The van der Waals surface area contributed by atoms with Crippen molar-refractivity contribution < 1.29 is 9.47 Å². The van der Waals surface area contributed by atoms with E-state index in [0.717, 1.165) is 12.8 Å². The Labute approximate surface area is 95.8 Å². The minimum atomic E-state index is 0.0911. The summed E-state index contributed by atoms with van der Waals surface area (Å²) in [6, 6.07) is 5.63. The van der Waals surface area contributed by atoms with Crippen LogP contribution in [0.4, 0.5) is 0 Å². The van der Waals surface area contributed by atoms with Gasteiger partial charge >= 0.3 is 0 Å². The average molecular weight is 222 g/mol. The van der Waals surface area contributed by atoms with Gasteiger partial charge in [0.15, 0.2) is 0 Å². The average Bonchev–Trinajstić information content (AvgIpc) is 2.32. The number of hydrogen-bond donors (Lipinski definition) is 1. The molecule has 0 amide bonds. The van der Waals surface area contributed by atoms with Gasteiger partial charge in [-0.3, -0.25) is 0 Å². The molecule has 0 radical (unpaired) electrons. The number of nitrogens with zero attached hydrogens (tertiary/aromatic N) is 1. The number of pyridine rings is 1. The van der Waals surface area contributed by atoms with Crippen molar-refractivity contribution in [2.45, 2.75) is 37.8 Å². The Kier molecular flexibility index (Phi) is 3.62. The maximum Gasteiger partial charge on any atom is 0.216 e. The van der Waals surface area contributed by atoms with Gasteiger partial charge in [0.05, 0.1) is 7.11 Å². The third-order valence-electron chi connectivity index (χ3n) is 2.93. The van der Waals surface area contributed by atoms with Crippen molar-refractivity contribution in [2.75, 3.05) is 7.11 Å². The summed E-state index contributed by atoms with van der Waals surface area (Å²) in [5, 5.41) is 0. The van der Waals surface area contributed by atoms with E-state index in [1.807, 2.05) is 12.1 Å². The first-order valence-corrected chi connectivity index (χ1v) is 5.73. The second-order valence-electron chi connectivity index (χ2n) is 4.12. The summed E-state index contributed by atoms with van der Waals surface area (Å²) in [4.78, 5) is 4.22. The molecule has 1 aliphatic carbocycles. The van der Waals surface area contributed by atoms with Crippen LogP contribution in [0.2, 0.25) is 0 Å². The molecule has 2 N–H and O–H groups in total. The molecule has 1 saturated carbocycles. The lowest BCUT2D eigenvalue weighted by atomic mass is 9.93. The van der Waals surface area contributed by atoms with E-state index >= 15 is 0 Å². The van der Waals surface area contributed by atoms with E-state index < -0.39 is 0 Å². The third-order valence-corrected chi connectivity index (χ3v) is 2.93. The van der Waals surface area contributed by atoms with Crippen LogP contribution in [0.1, 0.15) is 25.7 Å². The minimum absolute atomic E-state index is 0.0911. The second kappa shape index (κ2) is 5.16. The predicted octanol–water partition coefficient (Wildman–Crippen LogP) is 1.74. The lowest BCUT2D eigenvalue weighted by Crippen LogP contribution is -2.41. The van der Waals surface area contributed by atoms with Gasteiger partial charge < -0.3 is 15.2 Å². The zero-order valence-electron chi connectivity index (χ0n) is 9.56. The highest BCUT2D eigenvalue weighted by atomic mass is 16.5. The van der Waals surface area contributed by atoms with Gasteiger partial charge in [-0.2, -0.15) is 4.98 Å². The predicted molar refractivity (Wildman–Crippen MR) is 61.6 cm³/mol. The van der Waals surface area contributed by atoms with Crippen molar-refractivity contribution in [3.8, 4) is 11.8 Å². The first kappa shape index (κ1) is 11.2. The fraction of sp³-hybridized carbons (Fsp3) is 0.583. The smallest absolute Gasteiger partial charge is 0.216 e. The van der Waals surface area contributed by atoms with Crippen LogP contribution in [0.25, 0.3) is 0 Å². The maximum atomic E-state index is 6.01. The number of ether oxygens (including phenoxy) is 2. The minimum Gasteiger partial charge on any atom is -0.481 e. The Morgan fingerprint density at radius 3 is 2.75 bits per heavy atom. The van der Waals surface area contributed by atoms with Gasteiger partial charge in [0.1, 0.15) is 6.10 Å². The van der Waals surface area contributed by atoms with E-state index in [1.54, 1.807) is 13.2 Å². The van der Waals surface area contributed by atoms with Gasteiger partial charge in [-0.15, -0.1) is 0 Å². The maximum absolute atomic E-state index is 6.01. The van der Waals surface area contributed by atoms with E-state index in [4.69, 9.17) is 15.2 Å². The van der Waals surface area contributed by atoms with E-state index in [9.17, 15) is 0 Å². The molecule has 0 saturated heterocycles. The quantitative estimate of drug-likeness (QED) is 0.846. The van der Waals surface area contributed by atoms with Crippen LogP contribution in [0, 0.1) is 0 Å². The van der Waals surface area contributed by atoms with Crippen LogP contribution in [-0.2, 0) is 0 Å². The van der Waals surface area contributed by atoms with Crippen LogP contribution < -0.4 is 15.2 Å². The fourth-order valence-corrected chi connectivity index (χ4v) is 2.00. The number of hydrogen-bond acceptors (Lipinski definition) is 4. The normalized spacial score (nSPS) is 25.1. The van der Waals surface area contributed by atoms with Crippen molar-refractivity contribution in [1.82, 2.24) is 4.98 Å². The van der Waals surface area contributed by atoms with Gasteiger partial charge in [-0.1, -0.05) is 12.5 Å². The van der Waals surface area contributed by atoms with E-state index in [2.05, 4.69) is 4.98 Å². The summed E-state index contributed by atoms with van der Waals surface area (Å²) in [6.45, 7) is 0. The highest BCUT2D eigenvalue weighted by Crippen LogP contribution is 2.22. The standard InChI is InChI=1S/C12H18N2O2/c1-15-11-7-4-8-12(14-11)16-10-6-3-2-5-9(10)13/h4,7-10H,2-3,5-6,13H2,1H3. The molecule has 16 heavy (non-hydrogen) atoms. The Morgan fingerprint density at radius 2 is 2.00 bits per heavy atom. The van der Waals surface area contributed by atoms with Gasteiger partial charge in [-0.25, -0.2) is 0 Å². The number of nitrogens with two attached hydrogens (primary N) is 1. The molecule has 0 bridgehead atoms. The summed E-state index contributed by atoms with van der Waals surface area (Å²) < 4.78 is 10.8. The lowest BCUT2D eigenvalue weighted by molar-refractivity contribution is 0.126. The molecule has 0 aromatic carbocycles. The molecule has 1 aliphatic rings. The molecule has 2 rings (SSSR count). The third kappa shape index (κ3) is 2.64. The first-order chi connectivity index (χ1) is 7.79. The second-order valence-corrected chi connectivity index (χ2v) is 4.12. The number of methoxy groups -OCH3 is 1. The molecular weight excluding hydrogens is 204 g/mol. The molecule has 0 spiro atoms. The molecule has 0 aliphatic heterocycles. The van der Waals surface area contributed by atoms with E-state index in [0.29, 0.717) is 11.8 Å². The highest BCUT2D eigenvalue weighted by Gasteiger charge is 2.23. The Bertz CT molecular complexity index is 344. The van der Waals surface area contributed by atoms with Crippen molar-refractivity contribution in [1.29, 1.82) is 0 Å². The molecule has 1 fully saturated rings. The Morgan fingerprint density at radius 1 is 1.25 bits per heavy atom. The highest BCUT2D eigenvalue weighted by molar-refractivity contribution is 5.20. The van der Waals surface area contributed by atoms with Crippen molar-refractivity contribution in [2.24, 2.45) is 5.73 Å². The van der Waals surface area contributed by atoms with Crippen molar-refractivity contribution in [3.05, 3.63) is 18.2 Å². The fourth-order valence-electron chi connectivity index (χ4n) is 2.00. The summed E-state index contributed by atoms with van der Waals surface area (Å²) in [5.41, 5.74) is 6.01. The summed E-state index contributed by atoms with van der Waals surface area (Å²) in [7, 11) is 1.60. The van der Waals surface area contributed by atoms with Crippen LogP contribution >= 0.6 is 0 Å². The Hall–Kier alpha value is -1.29. The van der Waals surface area contributed by atoms with Crippen molar-refractivity contribution >= 4 is 0 Å². The largest absolute Gasteiger partial charge is 0.481 e.